The third kappa shape index (κ3) is 5.25. The molecule has 1 heterocycles. The Hall–Kier alpha value is -1.20. The van der Waals surface area contributed by atoms with Crippen molar-refractivity contribution in [3.05, 3.63) is 29.8 Å². The van der Waals surface area contributed by atoms with Gasteiger partial charge < -0.3 is 14.8 Å². The first kappa shape index (κ1) is 16.2. The molecule has 2 unspecified atom stereocenters. The van der Waals surface area contributed by atoms with Crippen LogP contribution < -0.4 is 10.1 Å². The first-order valence-corrected chi connectivity index (χ1v) is 7.58. The topological polar surface area (TPSA) is 30.5 Å². The molecule has 0 spiro atoms. The van der Waals surface area contributed by atoms with E-state index in [1.54, 1.807) is 12.1 Å². The van der Waals surface area contributed by atoms with Crippen molar-refractivity contribution >= 4 is 0 Å². The van der Waals surface area contributed by atoms with Crippen molar-refractivity contribution in [3.63, 3.8) is 0 Å². The lowest BCUT2D eigenvalue weighted by atomic mass is 9.99. The van der Waals surface area contributed by atoms with E-state index < -0.39 is 6.61 Å². The molecule has 1 aromatic rings. The normalized spacial score (nSPS) is 19.9. The zero-order chi connectivity index (χ0) is 15.1. The predicted molar refractivity (Wildman–Crippen MR) is 77.7 cm³/mol. The Balaban J connectivity index is 1.92. The van der Waals surface area contributed by atoms with E-state index in [-0.39, 0.29) is 11.8 Å². The van der Waals surface area contributed by atoms with Gasteiger partial charge in [0.25, 0.3) is 0 Å². The third-order valence-corrected chi connectivity index (χ3v) is 3.76. The maximum Gasteiger partial charge on any atom is 0.387 e. The van der Waals surface area contributed by atoms with E-state index in [9.17, 15) is 8.78 Å². The van der Waals surface area contributed by atoms with E-state index in [2.05, 4.69) is 17.0 Å². The minimum Gasteiger partial charge on any atom is -0.435 e. The Morgan fingerprint density at radius 3 is 2.67 bits per heavy atom. The Morgan fingerprint density at radius 1 is 1.33 bits per heavy atom. The van der Waals surface area contributed by atoms with Gasteiger partial charge in [0.2, 0.25) is 0 Å². The zero-order valence-electron chi connectivity index (χ0n) is 12.4. The largest absolute Gasteiger partial charge is 0.435 e. The smallest absolute Gasteiger partial charge is 0.387 e. The van der Waals surface area contributed by atoms with Gasteiger partial charge in [0.05, 0.1) is 6.10 Å². The lowest BCUT2D eigenvalue weighted by molar-refractivity contribution is -0.0498. The van der Waals surface area contributed by atoms with Crippen molar-refractivity contribution < 1.29 is 18.3 Å². The van der Waals surface area contributed by atoms with Crippen LogP contribution >= 0.6 is 0 Å². The molecule has 0 bridgehead atoms. The van der Waals surface area contributed by atoms with Crippen molar-refractivity contribution in [3.8, 4) is 5.75 Å². The van der Waals surface area contributed by atoms with Gasteiger partial charge in [0, 0.05) is 12.6 Å². The molecule has 2 atom stereocenters. The standard InChI is InChI=1S/C16H23F2NO2/c1-2-19-15(10-9-13-4-3-11-20-13)12-5-7-14(8-6-12)21-16(17)18/h5-8,13,15-16,19H,2-4,9-11H2,1H3. The van der Waals surface area contributed by atoms with Gasteiger partial charge in [-0.25, -0.2) is 0 Å². The second-order valence-corrected chi connectivity index (χ2v) is 5.27. The molecule has 0 radical (unpaired) electrons. The van der Waals surface area contributed by atoms with Crippen LogP contribution in [0.15, 0.2) is 24.3 Å². The van der Waals surface area contributed by atoms with E-state index in [0.29, 0.717) is 6.10 Å². The van der Waals surface area contributed by atoms with Crippen LogP contribution in [0.2, 0.25) is 0 Å². The van der Waals surface area contributed by atoms with E-state index in [0.717, 1.165) is 44.4 Å². The van der Waals surface area contributed by atoms with Crippen LogP contribution in [0, 0.1) is 0 Å². The summed E-state index contributed by atoms with van der Waals surface area (Å²) in [5, 5.41) is 3.44. The highest BCUT2D eigenvalue weighted by atomic mass is 19.3. The minimum absolute atomic E-state index is 0.197. The SMILES string of the molecule is CCNC(CCC1CCCO1)c1ccc(OC(F)F)cc1. The van der Waals surface area contributed by atoms with E-state index in [1.807, 2.05) is 12.1 Å². The van der Waals surface area contributed by atoms with E-state index in [1.165, 1.54) is 0 Å². The molecule has 3 nitrogen and oxygen atoms in total. The van der Waals surface area contributed by atoms with Crippen LogP contribution in [0.25, 0.3) is 0 Å². The first-order valence-electron chi connectivity index (χ1n) is 7.58. The molecule has 0 saturated carbocycles. The second kappa shape index (κ2) is 8.29. The number of rotatable bonds is 8. The van der Waals surface area contributed by atoms with Gasteiger partial charge in [0.15, 0.2) is 0 Å². The Labute approximate surface area is 124 Å². The van der Waals surface area contributed by atoms with Gasteiger partial charge in [-0.05, 0) is 49.9 Å². The number of halogens is 2. The summed E-state index contributed by atoms with van der Waals surface area (Å²) >= 11 is 0. The number of alkyl halides is 2. The molecular formula is C16H23F2NO2. The summed E-state index contributed by atoms with van der Waals surface area (Å²) in [6.07, 6.45) is 4.66. The lowest BCUT2D eigenvalue weighted by Gasteiger charge is -2.20. The summed E-state index contributed by atoms with van der Waals surface area (Å²) in [6, 6.07) is 7.11. The van der Waals surface area contributed by atoms with Crippen LogP contribution in [0.1, 0.15) is 44.2 Å². The molecule has 5 heteroatoms. The molecule has 1 fully saturated rings. The summed E-state index contributed by atoms with van der Waals surface area (Å²) in [5.74, 6) is 0.197. The molecule has 0 amide bonds. The third-order valence-electron chi connectivity index (χ3n) is 3.76. The molecular weight excluding hydrogens is 276 g/mol. The number of nitrogens with one attached hydrogen (secondary N) is 1. The number of ether oxygens (including phenoxy) is 2. The van der Waals surface area contributed by atoms with Gasteiger partial charge in [0.1, 0.15) is 5.75 Å². The molecule has 1 saturated heterocycles. The Morgan fingerprint density at radius 2 is 2.10 bits per heavy atom. The maximum atomic E-state index is 12.1. The molecule has 0 aromatic heterocycles. The van der Waals surface area contributed by atoms with Crippen molar-refractivity contribution in [2.45, 2.75) is 51.4 Å². The van der Waals surface area contributed by atoms with E-state index >= 15 is 0 Å². The van der Waals surface area contributed by atoms with Crippen molar-refractivity contribution in [1.29, 1.82) is 0 Å². The van der Waals surface area contributed by atoms with Gasteiger partial charge in [-0.1, -0.05) is 19.1 Å². The Kier molecular flexibility index (Phi) is 6.39. The second-order valence-electron chi connectivity index (χ2n) is 5.27. The molecule has 118 valence electrons. The lowest BCUT2D eigenvalue weighted by Crippen LogP contribution is -2.22. The highest BCUT2D eigenvalue weighted by Gasteiger charge is 2.18. The summed E-state index contributed by atoms with van der Waals surface area (Å²) in [7, 11) is 0. The molecule has 0 aliphatic carbocycles. The maximum absolute atomic E-state index is 12.1. The van der Waals surface area contributed by atoms with Gasteiger partial charge in [-0.3, -0.25) is 0 Å². The molecule has 1 N–H and O–H groups in total. The zero-order valence-corrected chi connectivity index (χ0v) is 12.4. The average molecular weight is 299 g/mol. The van der Waals surface area contributed by atoms with Crippen LogP contribution in [0.5, 0.6) is 5.75 Å². The average Bonchev–Trinajstić information content (AvgIpc) is 2.97. The van der Waals surface area contributed by atoms with Crippen molar-refractivity contribution in [2.75, 3.05) is 13.2 Å². The minimum atomic E-state index is -2.78. The molecule has 1 aromatic carbocycles. The number of hydrogen-bond acceptors (Lipinski definition) is 3. The quantitative estimate of drug-likeness (QED) is 0.790. The molecule has 2 rings (SSSR count). The highest BCUT2D eigenvalue weighted by molar-refractivity contribution is 5.29. The fourth-order valence-electron chi connectivity index (χ4n) is 2.74. The van der Waals surface area contributed by atoms with Crippen LogP contribution in [0.3, 0.4) is 0 Å². The van der Waals surface area contributed by atoms with Gasteiger partial charge >= 0.3 is 6.61 Å². The predicted octanol–water partition coefficient (Wildman–Crippen LogP) is 3.90. The van der Waals surface area contributed by atoms with Crippen LogP contribution in [-0.2, 0) is 4.74 Å². The first-order chi connectivity index (χ1) is 10.2. The number of hydrogen-bond donors (Lipinski definition) is 1. The monoisotopic (exact) mass is 299 g/mol. The molecule has 1 aliphatic rings. The summed E-state index contributed by atoms with van der Waals surface area (Å²) in [5.41, 5.74) is 1.09. The number of benzene rings is 1. The summed E-state index contributed by atoms with van der Waals surface area (Å²) in [4.78, 5) is 0. The van der Waals surface area contributed by atoms with Crippen molar-refractivity contribution in [1.82, 2.24) is 5.32 Å². The fourth-order valence-corrected chi connectivity index (χ4v) is 2.74. The Bertz CT molecular complexity index is 405. The fraction of sp³-hybridized carbons (Fsp3) is 0.625. The van der Waals surface area contributed by atoms with Gasteiger partial charge in [-0.2, -0.15) is 8.78 Å². The molecule has 21 heavy (non-hydrogen) atoms. The molecule has 1 aliphatic heterocycles. The highest BCUT2D eigenvalue weighted by Crippen LogP contribution is 2.25. The van der Waals surface area contributed by atoms with Gasteiger partial charge in [-0.15, -0.1) is 0 Å². The summed E-state index contributed by atoms with van der Waals surface area (Å²) in [6.45, 7) is 1.02. The van der Waals surface area contributed by atoms with Crippen LogP contribution in [-0.4, -0.2) is 25.9 Å². The van der Waals surface area contributed by atoms with Crippen LogP contribution in [0.4, 0.5) is 8.78 Å². The van der Waals surface area contributed by atoms with Crippen molar-refractivity contribution in [2.24, 2.45) is 0 Å². The summed E-state index contributed by atoms with van der Waals surface area (Å²) < 4.78 is 34.3. The van der Waals surface area contributed by atoms with E-state index in [4.69, 9.17) is 4.74 Å².